The Hall–Kier alpha value is -3.20. The van der Waals surface area contributed by atoms with Crippen molar-refractivity contribution in [1.82, 2.24) is 9.55 Å². The Labute approximate surface area is 164 Å². The summed E-state index contributed by atoms with van der Waals surface area (Å²) in [6.45, 7) is 3.24. The van der Waals surface area contributed by atoms with Crippen molar-refractivity contribution in [3.63, 3.8) is 0 Å². The van der Waals surface area contributed by atoms with E-state index in [-0.39, 0.29) is 5.91 Å². The van der Waals surface area contributed by atoms with Crippen LogP contribution in [0.3, 0.4) is 0 Å². The number of anilines is 1. The fraction of sp³-hybridized carbons (Fsp3) is 0.263. The van der Waals surface area contributed by atoms with Gasteiger partial charge in [0.05, 0.1) is 36.5 Å². The van der Waals surface area contributed by atoms with E-state index in [0.29, 0.717) is 32.1 Å². The molecule has 1 amide bonds. The molecule has 2 heterocycles. The monoisotopic (exact) mass is 401 g/mol. The molecule has 3 aromatic rings. The second kappa shape index (κ2) is 7.81. The number of benzene rings is 1. The second-order valence-corrected chi connectivity index (χ2v) is 7.05. The van der Waals surface area contributed by atoms with Gasteiger partial charge in [-0.1, -0.05) is 12.1 Å². The van der Waals surface area contributed by atoms with E-state index in [9.17, 15) is 14.4 Å². The Morgan fingerprint density at radius 2 is 1.96 bits per heavy atom. The number of para-hydroxylation sites is 2. The fourth-order valence-electron chi connectivity index (χ4n) is 2.84. The number of carbonyl (C=O) groups is 2. The number of nitrogens with one attached hydrogen (secondary N) is 1. The maximum atomic E-state index is 12.9. The molecular weight excluding hydrogens is 382 g/mol. The van der Waals surface area contributed by atoms with Gasteiger partial charge in [-0.3, -0.25) is 14.2 Å². The van der Waals surface area contributed by atoms with Crippen molar-refractivity contribution in [2.75, 3.05) is 19.5 Å². The molecule has 8 nitrogen and oxygen atoms in total. The normalized spacial score (nSPS) is 11.9. The van der Waals surface area contributed by atoms with Gasteiger partial charge in [0.1, 0.15) is 16.6 Å². The fourth-order valence-corrected chi connectivity index (χ4v) is 3.88. The minimum Gasteiger partial charge on any atom is -0.495 e. The summed E-state index contributed by atoms with van der Waals surface area (Å²) in [5.41, 5.74) is 0.640. The highest BCUT2D eigenvalue weighted by atomic mass is 32.1. The van der Waals surface area contributed by atoms with Crippen LogP contribution >= 0.6 is 11.3 Å². The van der Waals surface area contributed by atoms with E-state index in [1.54, 1.807) is 38.1 Å². The summed E-state index contributed by atoms with van der Waals surface area (Å²) in [6, 6.07) is 6.22. The van der Waals surface area contributed by atoms with Crippen LogP contribution < -0.4 is 15.6 Å². The Kier molecular flexibility index (Phi) is 5.46. The van der Waals surface area contributed by atoms with E-state index in [2.05, 4.69) is 10.3 Å². The van der Waals surface area contributed by atoms with Crippen molar-refractivity contribution in [2.24, 2.45) is 0 Å². The minimum absolute atomic E-state index is 0.313. The van der Waals surface area contributed by atoms with Gasteiger partial charge in [-0.25, -0.2) is 9.78 Å². The number of thiophene rings is 1. The number of methoxy groups -OCH3 is 2. The number of rotatable bonds is 5. The Morgan fingerprint density at radius 1 is 1.25 bits per heavy atom. The van der Waals surface area contributed by atoms with Crippen LogP contribution in [0.25, 0.3) is 10.2 Å². The molecule has 0 aliphatic rings. The molecule has 3 rings (SSSR count). The average molecular weight is 401 g/mol. The molecular formula is C19H19N3O5S. The Balaban J connectivity index is 2.03. The Morgan fingerprint density at radius 3 is 2.64 bits per heavy atom. The van der Waals surface area contributed by atoms with Crippen molar-refractivity contribution in [2.45, 2.75) is 19.9 Å². The van der Waals surface area contributed by atoms with Crippen LogP contribution in [-0.4, -0.2) is 35.6 Å². The van der Waals surface area contributed by atoms with Gasteiger partial charge in [0.2, 0.25) is 0 Å². The van der Waals surface area contributed by atoms with Crippen LogP contribution in [-0.2, 0) is 9.53 Å². The third-order valence-corrected chi connectivity index (χ3v) is 5.60. The standard InChI is InChI=1S/C19H19N3O5S/c1-10-14-17(20-9-22(18(14)24)11(2)19(25)27-4)28-15(10)16(23)21-12-7-5-6-8-13(12)26-3/h5-9,11H,1-4H3,(H,21,23)/t11-/m1/s1. The predicted octanol–water partition coefficient (Wildman–Crippen LogP) is 2.76. The van der Waals surface area contributed by atoms with Gasteiger partial charge in [0.25, 0.3) is 11.5 Å². The lowest BCUT2D eigenvalue weighted by Crippen LogP contribution is -2.29. The number of ether oxygens (including phenoxy) is 2. The summed E-state index contributed by atoms with van der Waals surface area (Å²) >= 11 is 1.12. The first-order chi connectivity index (χ1) is 13.4. The maximum Gasteiger partial charge on any atom is 0.328 e. The summed E-state index contributed by atoms with van der Waals surface area (Å²) in [6.07, 6.45) is 1.30. The van der Waals surface area contributed by atoms with E-state index in [1.165, 1.54) is 25.1 Å². The maximum absolute atomic E-state index is 12.9. The molecule has 0 radical (unpaired) electrons. The predicted molar refractivity (Wildman–Crippen MR) is 106 cm³/mol. The topological polar surface area (TPSA) is 99.5 Å². The molecule has 0 aliphatic carbocycles. The van der Waals surface area contributed by atoms with Crippen molar-refractivity contribution in [3.8, 4) is 5.75 Å². The van der Waals surface area contributed by atoms with Crippen LogP contribution in [0.4, 0.5) is 5.69 Å². The highest BCUT2D eigenvalue weighted by molar-refractivity contribution is 7.20. The van der Waals surface area contributed by atoms with E-state index < -0.39 is 17.6 Å². The van der Waals surface area contributed by atoms with Gasteiger partial charge in [0.15, 0.2) is 0 Å². The van der Waals surface area contributed by atoms with Crippen LogP contribution in [0.15, 0.2) is 35.4 Å². The van der Waals surface area contributed by atoms with Crippen molar-refractivity contribution in [3.05, 3.63) is 51.4 Å². The first kappa shape index (κ1) is 19.6. The van der Waals surface area contributed by atoms with Crippen LogP contribution in [0, 0.1) is 6.92 Å². The Bertz CT molecular complexity index is 1120. The molecule has 0 aliphatic heterocycles. The average Bonchev–Trinajstić information content (AvgIpc) is 3.05. The number of carbonyl (C=O) groups excluding carboxylic acids is 2. The summed E-state index contributed by atoms with van der Waals surface area (Å²) in [4.78, 5) is 42.5. The van der Waals surface area contributed by atoms with E-state index >= 15 is 0 Å². The molecule has 1 aromatic carbocycles. The number of esters is 1. The van der Waals surface area contributed by atoms with Gasteiger partial charge in [-0.05, 0) is 31.5 Å². The number of aromatic nitrogens is 2. The molecule has 0 spiro atoms. The molecule has 0 bridgehead atoms. The first-order valence-corrected chi connectivity index (χ1v) is 9.23. The molecule has 0 saturated heterocycles. The number of hydrogen-bond acceptors (Lipinski definition) is 7. The lowest BCUT2D eigenvalue weighted by molar-refractivity contribution is -0.144. The number of amides is 1. The van der Waals surface area contributed by atoms with Gasteiger partial charge in [-0.15, -0.1) is 11.3 Å². The third-order valence-electron chi connectivity index (χ3n) is 4.40. The molecule has 28 heavy (non-hydrogen) atoms. The summed E-state index contributed by atoms with van der Waals surface area (Å²) < 4.78 is 11.1. The summed E-state index contributed by atoms with van der Waals surface area (Å²) in [5, 5.41) is 3.11. The first-order valence-electron chi connectivity index (χ1n) is 8.41. The van der Waals surface area contributed by atoms with Gasteiger partial charge >= 0.3 is 5.97 Å². The quantitative estimate of drug-likeness (QED) is 0.660. The molecule has 0 saturated carbocycles. The largest absolute Gasteiger partial charge is 0.495 e. The van der Waals surface area contributed by atoms with Crippen molar-refractivity contribution >= 4 is 39.1 Å². The number of fused-ring (bicyclic) bond motifs is 1. The molecule has 0 fully saturated rings. The van der Waals surface area contributed by atoms with Crippen molar-refractivity contribution in [1.29, 1.82) is 0 Å². The van der Waals surface area contributed by atoms with Gasteiger partial charge < -0.3 is 14.8 Å². The number of nitrogens with zero attached hydrogens (tertiary/aromatic N) is 2. The minimum atomic E-state index is -0.820. The van der Waals surface area contributed by atoms with Crippen LogP contribution in [0.2, 0.25) is 0 Å². The van der Waals surface area contributed by atoms with E-state index in [0.717, 1.165) is 11.3 Å². The van der Waals surface area contributed by atoms with Crippen molar-refractivity contribution < 1.29 is 19.1 Å². The van der Waals surface area contributed by atoms with E-state index in [1.807, 2.05) is 0 Å². The third kappa shape index (κ3) is 3.36. The zero-order valence-electron chi connectivity index (χ0n) is 15.8. The lowest BCUT2D eigenvalue weighted by Gasteiger charge is -2.12. The number of aryl methyl sites for hydroxylation is 1. The molecule has 9 heteroatoms. The van der Waals surface area contributed by atoms with Gasteiger partial charge in [-0.2, -0.15) is 0 Å². The smallest absolute Gasteiger partial charge is 0.328 e. The van der Waals surface area contributed by atoms with Crippen LogP contribution in [0.5, 0.6) is 5.75 Å². The van der Waals surface area contributed by atoms with Gasteiger partial charge in [0, 0.05) is 0 Å². The zero-order valence-corrected chi connectivity index (χ0v) is 16.6. The molecule has 0 unspecified atom stereocenters. The van der Waals surface area contributed by atoms with Crippen LogP contribution in [0.1, 0.15) is 28.2 Å². The number of hydrogen-bond donors (Lipinski definition) is 1. The highest BCUT2D eigenvalue weighted by Gasteiger charge is 2.23. The summed E-state index contributed by atoms with van der Waals surface area (Å²) in [7, 11) is 2.77. The summed E-state index contributed by atoms with van der Waals surface area (Å²) in [5.74, 6) is -0.385. The molecule has 146 valence electrons. The highest BCUT2D eigenvalue weighted by Crippen LogP contribution is 2.30. The van der Waals surface area contributed by atoms with E-state index in [4.69, 9.17) is 9.47 Å². The molecule has 1 atom stereocenters. The second-order valence-electron chi connectivity index (χ2n) is 6.05. The lowest BCUT2D eigenvalue weighted by atomic mass is 10.2. The zero-order chi connectivity index (χ0) is 20.4. The SMILES string of the molecule is COC(=O)[C@@H](C)n1cnc2sc(C(=O)Nc3ccccc3OC)c(C)c2c1=O. The molecule has 1 N–H and O–H groups in total. The molecule has 2 aromatic heterocycles.